The lowest BCUT2D eigenvalue weighted by molar-refractivity contribution is -0.160. The number of likely N-dealkylation sites (tertiary alicyclic amines) is 1. The standard InChI is InChI=1S/C46H84NO7/c1-6-11-15-17-19-23-35-50-45(51-36-24-20-18-16-12-7-2)33-32-44(48)52-39-43(30-25-29-41(27-21-13-8-3)28-22-14-9-4)40-54-46(49)53-38-42-31-26-34-47(10-5)37-42/h11-12,15-16,41-43,45H,3,6-10,13-14,17-40H2,1-2,4-5H3/b15-11-,16-12-. The first-order chi connectivity index (χ1) is 26.4. The number of rotatable bonds is 36. The second-order valence-corrected chi connectivity index (χ2v) is 15.4. The summed E-state index contributed by atoms with van der Waals surface area (Å²) in [5.41, 5.74) is 0. The number of unbranched alkanes of at least 4 members (excludes halogenated alkanes) is 8. The van der Waals surface area contributed by atoms with E-state index >= 15 is 0 Å². The SMILES string of the molecule is [CH2]CCCCC(CCCCC)CCCC(COC(=O)CCC(OCCCC/C=C\CC)OCCCC/C=C\CC)COC(=O)OCC1CCCN(CC)C1. The van der Waals surface area contributed by atoms with Crippen LogP contribution in [-0.2, 0) is 28.5 Å². The van der Waals surface area contributed by atoms with E-state index in [2.05, 4.69) is 63.8 Å². The molecule has 1 rings (SSSR count). The van der Waals surface area contributed by atoms with Crippen molar-refractivity contribution in [2.75, 3.05) is 52.7 Å². The average molecular weight is 763 g/mol. The molecule has 0 N–H and O–H groups in total. The molecule has 1 aliphatic rings. The fraction of sp³-hybridized carbons (Fsp3) is 0.848. The van der Waals surface area contributed by atoms with Crippen LogP contribution in [0.15, 0.2) is 24.3 Å². The minimum Gasteiger partial charge on any atom is -0.465 e. The molecule has 3 atom stereocenters. The predicted molar refractivity (Wildman–Crippen MR) is 223 cm³/mol. The van der Waals surface area contributed by atoms with Crippen LogP contribution in [0.1, 0.15) is 175 Å². The molecule has 3 unspecified atom stereocenters. The number of carbonyl (C=O) groups is 2. The van der Waals surface area contributed by atoms with Crippen LogP contribution in [0.3, 0.4) is 0 Å². The van der Waals surface area contributed by atoms with E-state index < -0.39 is 12.4 Å². The van der Waals surface area contributed by atoms with Gasteiger partial charge < -0.3 is 28.6 Å². The van der Waals surface area contributed by atoms with Gasteiger partial charge in [-0.2, -0.15) is 0 Å². The Bertz CT molecular complexity index is 891. The van der Waals surface area contributed by atoms with Crippen LogP contribution in [0.5, 0.6) is 0 Å². The first-order valence-electron chi connectivity index (χ1n) is 22.4. The lowest BCUT2D eigenvalue weighted by Gasteiger charge is -2.31. The lowest BCUT2D eigenvalue weighted by Crippen LogP contribution is -2.37. The van der Waals surface area contributed by atoms with Gasteiger partial charge in [0.15, 0.2) is 6.29 Å². The van der Waals surface area contributed by atoms with Gasteiger partial charge in [-0.25, -0.2) is 4.79 Å². The van der Waals surface area contributed by atoms with Crippen LogP contribution in [0.25, 0.3) is 0 Å². The van der Waals surface area contributed by atoms with Crippen molar-refractivity contribution < 1.29 is 33.3 Å². The molecule has 1 radical (unpaired) electrons. The van der Waals surface area contributed by atoms with Crippen molar-refractivity contribution in [2.24, 2.45) is 17.8 Å². The minimum absolute atomic E-state index is 0.0743. The van der Waals surface area contributed by atoms with Crippen LogP contribution >= 0.6 is 0 Å². The van der Waals surface area contributed by atoms with E-state index in [4.69, 9.17) is 23.7 Å². The third-order valence-electron chi connectivity index (χ3n) is 10.5. The molecule has 0 saturated carbocycles. The third kappa shape index (κ3) is 29.4. The highest BCUT2D eigenvalue weighted by molar-refractivity contribution is 5.69. The fourth-order valence-corrected chi connectivity index (χ4v) is 7.08. The molecule has 0 spiro atoms. The topological polar surface area (TPSA) is 83.5 Å². The molecule has 1 heterocycles. The molecular formula is C46H84NO7. The quantitative estimate of drug-likeness (QED) is 0.0270. The zero-order valence-corrected chi connectivity index (χ0v) is 35.6. The number of hydrogen-bond donors (Lipinski definition) is 0. The normalized spacial score (nSPS) is 15.9. The van der Waals surface area contributed by atoms with Gasteiger partial charge in [0.25, 0.3) is 0 Å². The predicted octanol–water partition coefficient (Wildman–Crippen LogP) is 12.2. The van der Waals surface area contributed by atoms with Crippen LogP contribution in [0.2, 0.25) is 0 Å². The Balaban J connectivity index is 2.70. The first kappa shape index (κ1) is 50.1. The molecule has 315 valence electrons. The molecule has 0 aromatic heterocycles. The van der Waals surface area contributed by atoms with Crippen molar-refractivity contribution >= 4 is 12.1 Å². The molecule has 0 aromatic rings. The lowest BCUT2D eigenvalue weighted by atomic mass is 9.89. The van der Waals surface area contributed by atoms with E-state index in [-0.39, 0.29) is 31.5 Å². The average Bonchev–Trinajstić information content (AvgIpc) is 3.18. The van der Waals surface area contributed by atoms with E-state index in [9.17, 15) is 9.59 Å². The largest absolute Gasteiger partial charge is 0.508 e. The van der Waals surface area contributed by atoms with E-state index in [1.54, 1.807) is 0 Å². The number of nitrogens with zero attached hydrogens (tertiary/aromatic N) is 1. The van der Waals surface area contributed by atoms with Gasteiger partial charge in [0, 0.05) is 38.0 Å². The number of esters is 1. The Morgan fingerprint density at radius 1 is 0.704 bits per heavy atom. The number of allylic oxidation sites excluding steroid dienone is 4. The third-order valence-corrected chi connectivity index (χ3v) is 10.5. The van der Waals surface area contributed by atoms with Crippen molar-refractivity contribution in [3.8, 4) is 0 Å². The van der Waals surface area contributed by atoms with Gasteiger partial charge >= 0.3 is 12.1 Å². The molecule has 8 nitrogen and oxygen atoms in total. The number of carbonyl (C=O) groups excluding carboxylic acids is 2. The van der Waals surface area contributed by atoms with Crippen LogP contribution in [0.4, 0.5) is 4.79 Å². The second-order valence-electron chi connectivity index (χ2n) is 15.4. The molecule has 0 amide bonds. The van der Waals surface area contributed by atoms with Crippen molar-refractivity contribution in [2.45, 2.75) is 182 Å². The summed E-state index contributed by atoms with van der Waals surface area (Å²) < 4.78 is 29.3. The van der Waals surface area contributed by atoms with Crippen molar-refractivity contribution in [3.63, 3.8) is 0 Å². The number of hydrogen-bond acceptors (Lipinski definition) is 8. The molecule has 1 fully saturated rings. The maximum Gasteiger partial charge on any atom is 0.508 e. The second kappa shape index (κ2) is 36.7. The minimum atomic E-state index is -0.620. The van der Waals surface area contributed by atoms with E-state index in [1.807, 2.05) is 0 Å². The molecule has 0 bridgehead atoms. The summed E-state index contributed by atoms with van der Waals surface area (Å²) in [5, 5.41) is 0. The molecule has 0 aromatic carbocycles. The van der Waals surface area contributed by atoms with Crippen molar-refractivity contribution in [3.05, 3.63) is 31.2 Å². The molecule has 1 aliphatic heterocycles. The van der Waals surface area contributed by atoms with Crippen LogP contribution < -0.4 is 0 Å². The highest BCUT2D eigenvalue weighted by Gasteiger charge is 2.22. The molecule has 1 saturated heterocycles. The summed E-state index contributed by atoms with van der Waals surface area (Å²) in [6.45, 7) is 17.9. The van der Waals surface area contributed by atoms with E-state index in [0.29, 0.717) is 38.1 Å². The Morgan fingerprint density at radius 2 is 1.33 bits per heavy atom. The van der Waals surface area contributed by atoms with E-state index in [1.165, 1.54) is 44.9 Å². The number of piperidine rings is 1. The maximum atomic E-state index is 13.1. The summed E-state index contributed by atoms with van der Waals surface area (Å²) in [5.74, 6) is 0.707. The van der Waals surface area contributed by atoms with Gasteiger partial charge in [0.2, 0.25) is 0 Å². The highest BCUT2D eigenvalue weighted by Crippen LogP contribution is 2.25. The summed E-state index contributed by atoms with van der Waals surface area (Å²) in [7, 11) is 0. The summed E-state index contributed by atoms with van der Waals surface area (Å²) in [6.07, 6.45) is 31.7. The molecule has 8 heteroatoms. The fourth-order valence-electron chi connectivity index (χ4n) is 7.08. The monoisotopic (exact) mass is 763 g/mol. The van der Waals surface area contributed by atoms with Crippen molar-refractivity contribution in [1.82, 2.24) is 4.90 Å². The van der Waals surface area contributed by atoms with Crippen LogP contribution in [-0.4, -0.2) is 76.0 Å². The summed E-state index contributed by atoms with van der Waals surface area (Å²) in [6, 6.07) is 0. The summed E-state index contributed by atoms with van der Waals surface area (Å²) in [4.78, 5) is 28.1. The first-order valence-corrected chi connectivity index (χ1v) is 22.4. The van der Waals surface area contributed by atoms with Gasteiger partial charge in [-0.3, -0.25) is 4.79 Å². The zero-order valence-electron chi connectivity index (χ0n) is 35.6. The molecule has 54 heavy (non-hydrogen) atoms. The Hall–Kier alpha value is -1.90. The maximum absolute atomic E-state index is 13.1. The summed E-state index contributed by atoms with van der Waals surface area (Å²) >= 11 is 0. The molecule has 0 aliphatic carbocycles. The smallest absolute Gasteiger partial charge is 0.465 e. The van der Waals surface area contributed by atoms with Crippen molar-refractivity contribution in [1.29, 1.82) is 0 Å². The van der Waals surface area contributed by atoms with E-state index in [0.717, 1.165) is 110 Å². The zero-order chi connectivity index (χ0) is 39.3. The van der Waals surface area contributed by atoms with Gasteiger partial charge in [-0.15, -0.1) is 0 Å². The van der Waals surface area contributed by atoms with Gasteiger partial charge in [-0.1, -0.05) is 123 Å². The van der Waals surface area contributed by atoms with Gasteiger partial charge in [-0.05, 0) is 89.6 Å². The molecular weight excluding hydrogens is 679 g/mol. The Morgan fingerprint density at radius 3 is 1.96 bits per heavy atom. The van der Waals surface area contributed by atoms with Crippen LogP contribution in [0, 0.1) is 24.7 Å². The van der Waals surface area contributed by atoms with Gasteiger partial charge in [0.1, 0.15) is 6.61 Å². The Kier molecular flexibility index (Phi) is 34.1. The Labute approximate surface area is 332 Å². The van der Waals surface area contributed by atoms with Gasteiger partial charge in [0.05, 0.1) is 19.6 Å². The highest BCUT2D eigenvalue weighted by atomic mass is 16.7. The number of ether oxygens (including phenoxy) is 5.